The van der Waals surface area contributed by atoms with Gasteiger partial charge in [-0.3, -0.25) is 14.4 Å². The molecule has 6 heteroatoms. The topological polar surface area (TPSA) is 95.5 Å². The number of hydrogen-bond donors (Lipinski definition) is 3. The van der Waals surface area contributed by atoms with Gasteiger partial charge < -0.3 is 15.7 Å². The summed E-state index contributed by atoms with van der Waals surface area (Å²) in [5.41, 5.74) is 2.26. The first-order chi connectivity index (χ1) is 13.5. The molecule has 0 atom stereocenters. The molecule has 146 valence electrons. The van der Waals surface area contributed by atoms with Gasteiger partial charge in [-0.1, -0.05) is 48.9 Å². The highest BCUT2D eigenvalue weighted by molar-refractivity contribution is 5.96. The lowest BCUT2D eigenvalue weighted by Gasteiger charge is -2.40. The van der Waals surface area contributed by atoms with Crippen molar-refractivity contribution in [2.75, 3.05) is 11.9 Å². The second kappa shape index (κ2) is 8.69. The predicted molar refractivity (Wildman–Crippen MR) is 106 cm³/mol. The third-order valence-electron chi connectivity index (χ3n) is 5.19. The molecule has 1 aliphatic rings. The van der Waals surface area contributed by atoms with Crippen molar-refractivity contribution in [2.24, 2.45) is 5.41 Å². The number of benzene rings is 2. The van der Waals surface area contributed by atoms with Crippen molar-refractivity contribution < 1.29 is 19.5 Å². The summed E-state index contributed by atoms with van der Waals surface area (Å²) in [6.07, 6.45) is 3.66. The van der Waals surface area contributed by atoms with Gasteiger partial charge in [0.2, 0.25) is 11.8 Å². The fourth-order valence-electron chi connectivity index (χ4n) is 3.47. The molecule has 0 saturated heterocycles. The molecule has 2 aromatic rings. The summed E-state index contributed by atoms with van der Waals surface area (Å²) < 4.78 is 0. The Bertz CT molecular complexity index is 843. The highest BCUT2D eigenvalue weighted by atomic mass is 16.4. The van der Waals surface area contributed by atoms with Crippen LogP contribution in [0.5, 0.6) is 0 Å². The van der Waals surface area contributed by atoms with Gasteiger partial charge in [-0.05, 0) is 42.5 Å². The fourth-order valence-corrected chi connectivity index (χ4v) is 3.47. The number of anilines is 1. The summed E-state index contributed by atoms with van der Waals surface area (Å²) in [6.45, 7) is -0.392. The fraction of sp³-hybridized carbons (Fsp3) is 0.318. The lowest BCUT2D eigenvalue weighted by molar-refractivity contribution is -0.137. The molecular formula is C22H24N2O4. The quantitative estimate of drug-likeness (QED) is 0.656. The van der Waals surface area contributed by atoms with E-state index in [9.17, 15) is 14.4 Å². The van der Waals surface area contributed by atoms with Gasteiger partial charge in [0.1, 0.15) is 6.54 Å². The average Bonchev–Trinajstić information content (AvgIpc) is 2.65. The Morgan fingerprint density at radius 1 is 0.929 bits per heavy atom. The summed E-state index contributed by atoms with van der Waals surface area (Å²) in [7, 11) is 0. The van der Waals surface area contributed by atoms with Crippen LogP contribution in [0.1, 0.15) is 30.4 Å². The number of aliphatic carboxylic acids is 1. The van der Waals surface area contributed by atoms with Gasteiger partial charge in [0, 0.05) is 5.69 Å². The maximum absolute atomic E-state index is 12.9. The number of amides is 2. The van der Waals surface area contributed by atoms with Gasteiger partial charge in [-0.2, -0.15) is 0 Å². The largest absolute Gasteiger partial charge is 0.480 e. The predicted octanol–water partition coefficient (Wildman–Crippen LogP) is 2.78. The Balaban J connectivity index is 1.58. The van der Waals surface area contributed by atoms with E-state index in [1.807, 2.05) is 18.2 Å². The summed E-state index contributed by atoms with van der Waals surface area (Å²) in [5, 5.41) is 13.9. The van der Waals surface area contributed by atoms with E-state index < -0.39 is 12.5 Å². The van der Waals surface area contributed by atoms with Gasteiger partial charge in [0.25, 0.3) is 0 Å². The Hall–Kier alpha value is -3.15. The smallest absolute Gasteiger partial charge is 0.322 e. The molecule has 28 heavy (non-hydrogen) atoms. The molecule has 0 heterocycles. The zero-order chi connectivity index (χ0) is 20.0. The van der Waals surface area contributed by atoms with Crippen molar-refractivity contribution in [3.8, 4) is 0 Å². The molecule has 1 fully saturated rings. The lowest BCUT2D eigenvalue weighted by Crippen LogP contribution is -2.43. The van der Waals surface area contributed by atoms with Crippen LogP contribution in [0.25, 0.3) is 0 Å². The maximum atomic E-state index is 12.9. The zero-order valence-electron chi connectivity index (χ0n) is 15.6. The number of carbonyl (C=O) groups excluding carboxylic acids is 2. The summed E-state index contributed by atoms with van der Waals surface area (Å²) in [5.74, 6) is -1.39. The van der Waals surface area contributed by atoms with Crippen molar-refractivity contribution in [1.82, 2.24) is 5.32 Å². The maximum Gasteiger partial charge on any atom is 0.322 e. The van der Waals surface area contributed by atoms with Crippen LogP contribution >= 0.6 is 0 Å². The Kier molecular flexibility index (Phi) is 6.09. The SMILES string of the molecule is O=C(O)CNC(=O)Cc1ccc(NC(=O)C2(Cc3ccccc3)CCC2)cc1. The number of rotatable bonds is 8. The molecule has 0 spiro atoms. The van der Waals surface area contributed by atoms with Crippen LogP contribution in [0, 0.1) is 5.41 Å². The molecule has 2 amide bonds. The number of carboxylic acid groups (broad SMARTS) is 1. The van der Waals surface area contributed by atoms with E-state index in [1.54, 1.807) is 24.3 Å². The van der Waals surface area contributed by atoms with Crippen LogP contribution in [-0.2, 0) is 27.2 Å². The molecule has 0 aliphatic heterocycles. The molecule has 0 radical (unpaired) electrons. The Morgan fingerprint density at radius 2 is 1.61 bits per heavy atom. The first-order valence-electron chi connectivity index (χ1n) is 9.40. The van der Waals surface area contributed by atoms with Crippen LogP contribution < -0.4 is 10.6 Å². The van der Waals surface area contributed by atoms with Gasteiger partial charge in [0.15, 0.2) is 0 Å². The standard InChI is InChI=1S/C22H24N2O4/c25-19(23-15-20(26)27)13-16-7-9-18(10-8-16)24-21(28)22(11-4-12-22)14-17-5-2-1-3-6-17/h1-3,5-10H,4,11-15H2,(H,23,25)(H,24,28)(H,26,27). The van der Waals surface area contributed by atoms with E-state index in [1.165, 1.54) is 5.56 Å². The van der Waals surface area contributed by atoms with E-state index in [0.29, 0.717) is 5.69 Å². The van der Waals surface area contributed by atoms with E-state index in [0.717, 1.165) is 31.2 Å². The Morgan fingerprint density at radius 3 is 2.18 bits per heavy atom. The molecule has 6 nitrogen and oxygen atoms in total. The summed E-state index contributed by atoms with van der Waals surface area (Å²) in [4.78, 5) is 35.1. The Labute approximate surface area is 164 Å². The third-order valence-corrected chi connectivity index (χ3v) is 5.19. The number of carbonyl (C=O) groups is 3. The van der Waals surface area contributed by atoms with Gasteiger partial charge in [0.05, 0.1) is 11.8 Å². The van der Waals surface area contributed by atoms with E-state index >= 15 is 0 Å². The van der Waals surface area contributed by atoms with Crippen LogP contribution in [-0.4, -0.2) is 29.4 Å². The van der Waals surface area contributed by atoms with Crippen LogP contribution in [0.2, 0.25) is 0 Å². The minimum Gasteiger partial charge on any atom is -0.480 e. The first kappa shape index (κ1) is 19.6. The zero-order valence-corrected chi connectivity index (χ0v) is 15.6. The van der Waals surface area contributed by atoms with Crippen molar-refractivity contribution in [3.63, 3.8) is 0 Å². The van der Waals surface area contributed by atoms with Crippen molar-refractivity contribution in [2.45, 2.75) is 32.1 Å². The van der Waals surface area contributed by atoms with Crippen LogP contribution in [0.4, 0.5) is 5.69 Å². The average molecular weight is 380 g/mol. The summed E-state index contributed by atoms with van der Waals surface area (Å²) in [6, 6.07) is 17.1. The minimum absolute atomic E-state index is 0.0366. The normalized spacial score (nSPS) is 14.6. The van der Waals surface area contributed by atoms with Crippen LogP contribution in [0.15, 0.2) is 54.6 Å². The molecule has 0 aromatic heterocycles. The number of carboxylic acids is 1. The van der Waals surface area contributed by atoms with Crippen molar-refractivity contribution in [3.05, 3.63) is 65.7 Å². The molecule has 1 saturated carbocycles. The third kappa shape index (κ3) is 4.97. The molecule has 2 aromatic carbocycles. The number of nitrogens with one attached hydrogen (secondary N) is 2. The highest BCUT2D eigenvalue weighted by Crippen LogP contribution is 2.44. The number of hydrogen-bond acceptors (Lipinski definition) is 3. The monoisotopic (exact) mass is 380 g/mol. The first-order valence-corrected chi connectivity index (χ1v) is 9.40. The molecule has 3 N–H and O–H groups in total. The minimum atomic E-state index is -1.08. The summed E-state index contributed by atoms with van der Waals surface area (Å²) >= 11 is 0. The van der Waals surface area contributed by atoms with Gasteiger partial charge in [-0.15, -0.1) is 0 Å². The lowest BCUT2D eigenvalue weighted by atomic mass is 9.64. The van der Waals surface area contributed by atoms with E-state index in [-0.39, 0.29) is 23.7 Å². The van der Waals surface area contributed by atoms with Crippen molar-refractivity contribution in [1.29, 1.82) is 0 Å². The van der Waals surface area contributed by atoms with Gasteiger partial charge >= 0.3 is 5.97 Å². The molecule has 0 bridgehead atoms. The van der Waals surface area contributed by atoms with Crippen molar-refractivity contribution >= 4 is 23.5 Å². The van der Waals surface area contributed by atoms with Gasteiger partial charge in [-0.25, -0.2) is 0 Å². The van der Waals surface area contributed by atoms with Crippen LogP contribution in [0.3, 0.4) is 0 Å². The second-order valence-electron chi connectivity index (χ2n) is 7.29. The highest BCUT2D eigenvalue weighted by Gasteiger charge is 2.43. The van der Waals surface area contributed by atoms with E-state index in [2.05, 4.69) is 22.8 Å². The molecule has 3 rings (SSSR count). The second-order valence-corrected chi connectivity index (χ2v) is 7.29. The molecule has 1 aliphatic carbocycles. The molecular weight excluding hydrogens is 356 g/mol. The molecule has 0 unspecified atom stereocenters. The van der Waals surface area contributed by atoms with E-state index in [4.69, 9.17) is 5.11 Å².